The molecule has 1 aliphatic rings. The molecule has 0 amide bonds. The quantitative estimate of drug-likeness (QED) is 0.856. The lowest BCUT2D eigenvalue weighted by atomic mass is 10.1. The minimum atomic E-state index is -3.55. The van der Waals surface area contributed by atoms with Gasteiger partial charge in [-0.15, -0.1) is 0 Å². The predicted molar refractivity (Wildman–Crippen MR) is 96.4 cm³/mol. The number of hydrogen-bond acceptors (Lipinski definition) is 5. The van der Waals surface area contributed by atoms with E-state index < -0.39 is 16.1 Å². The Kier molecular flexibility index (Phi) is 5.73. The van der Waals surface area contributed by atoms with Crippen LogP contribution < -0.4 is 4.74 Å². The van der Waals surface area contributed by atoms with Gasteiger partial charge < -0.3 is 9.84 Å². The van der Waals surface area contributed by atoms with Gasteiger partial charge in [0.2, 0.25) is 0 Å². The molecule has 0 spiro atoms. The van der Waals surface area contributed by atoms with Gasteiger partial charge in [-0.25, -0.2) is 8.42 Å². The first-order chi connectivity index (χ1) is 12.0. The SMILES string of the molecule is O=S(=O)(CC(O)N1CCCCC1)c1ccc(Oc2ccccc2)cc1. The molecule has 134 valence electrons. The molecule has 1 heterocycles. The molecule has 1 N–H and O–H groups in total. The van der Waals surface area contributed by atoms with Gasteiger partial charge in [-0.1, -0.05) is 24.6 Å². The summed E-state index contributed by atoms with van der Waals surface area (Å²) in [5.74, 6) is 0.978. The summed E-state index contributed by atoms with van der Waals surface area (Å²) >= 11 is 0. The zero-order valence-corrected chi connectivity index (χ0v) is 14.9. The zero-order chi connectivity index (χ0) is 17.7. The monoisotopic (exact) mass is 361 g/mol. The highest BCUT2D eigenvalue weighted by molar-refractivity contribution is 7.91. The van der Waals surface area contributed by atoms with Crippen LogP contribution in [0.2, 0.25) is 0 Å². The van der Waals surface area contributed by atoms with Gasteiger partial charge >= 0.3 is 0 Å². The molecule has 0 radical (unpaired) electrons. The highest BCUT2D eigenvalue weighted by Crippen LogP contribution is 2.23. The number of rotatable bonds is 6. The Morgan fingerprint density at radius 1 is 0.920 bits per heavy atom. The van der Waals surface area contributed by atoms with Crippen LogP contribution in [-0.2, 0) is 9.84 Å². The predicted octanol–water partition coefficient (Wildman–Crippen LogP) is 3.06. The third-order valence-corrected chi connectivity index (χ3v) is 6.07. The van der Waals surface area contributed by atoms with Crippen molar-refractivity contribution in [3.63, 3.8) is 0 Å². The zero-order valence-electron chi connectivity index (χ0n) is 14.0. The van der Waals surface area contributed by atoms with E-state index >= 15 is 0 Å². The highest BCUT2D eigenvalue weighted by Gasteiger charge is 2.25. The fourth-order valence-corrected chi connectivity index (χ4v) is 4.30. The summed E-state index contributed by atoms with van der Waals surface area (Å²) in [6.45, 7) is 1.50. The Hall–Kier alpha value is -1.89. The van der Waals surface area contributed by atoms with E-state index in [4.69, 9.17) is 4.74 Å². The first-order valence-electron chi connectivity index (χ1n) is 8.52. The van der Waals surface area contributed by atoms with Crippen LogP contribution in [0.25, 0.3) is 0 Å². The van der Waals surface area contributed by atoms with E-state index in [0.29, 0.717) is 11.5 Å². The van der Waals surface area contributed by atoms with Crippen molar-refractivity contribution in [3.8, 4) is 11.5 Å². The fourth-order valence-electron chi connectivity index (χ4n) is 2.95. The van der Waals surface area contributed by atoms with E-state index in [0.717, 1.165) is 32.4 Å². The Morgan fingerprint density at radius 3 is 2.16 bits per heavy atom. The second-order valence-corrected chi connectivity index (χ2v) is 8.28. The van der Waals surface area contributed by atoms with Crippen LogP contribution in [-0.4, -0.2) is 43.5 Å². The lowest BCUT2D eigenvalue weighted by molar-refractivity contribution is 0.00910. The van der Waals surface area contributed by atoms with Crippen LogP contribution in [0.4, 0.5) is 0 Å². The van der Waals surface area contributed by atoms with Crippen molar-refractivity contribution in [2.45, 2.75) is 30.4 Å². The van der Waals surface area contributed by atoms with Crippen molar-refractivity contribution >= 4 is 9.84 Å². The molecule has 1 aliphatic heterocycles. The molecule has 1 atom stereocenters. The number of para-hydroxylation sites is 1. The molecule has 25 heavy (non-hydrogen) atoms. The summed E-state index contributed by atoms with van der Waals surface area (Å²) in [7, 11) is -3.55. The Morgan fingerprint density at radius 2 is 1.52 bits per heavy atom. The second-order valence-electron chi connectivity index (χ2n) is 6.25. The van der Waals surface area contributed by atoms with Gasteiger partial charge in [0.25, 0.3) is 0 Å². The van der Waals surface area contributed by atoms with Crippen LogP contribution in [0.1, 0.15) is 19.3 Å². The molecule has 2 aromatic carbocycles. The molecule has 6 heteroatoms. The molecular weight excluding hydrogens is 338 g/mol. The maximum absolute atomic E-state index is 12.5. The summed E-state index contributed by atoms with van der Waals surface area (Å²) < 4.78 is 30.7. The molecular formula is C19H23NO4S. The number of ether oxygens (including phenoxy) is 1. The first-order valence-corrected chi connectivity index (χ1v) is 10.2. The van der Waals surface area contributed by atoms with Crippen LogP contribution in [0.3, 0.4) is 0 Å². The number of hydrogen-bond donors (Lipinski definition) is 1. The van der Waals surface area contributed by atoms with Crippen molar-refractivity contribution in [1.82, 2.24) is 4.90 Å². The molecule has 1 saturated heterocycles. The second kappa shape index (κ2) is 7.99. The number of sulfone groups is 1. The molecule has 3 rings (SSSR count). The lowest BCUT2D eigenvalue weighted by Gasteiger charge is -2.30. The lowest BCUT2D eigenvalue weighted by Crippen LogP contribution is -2.43. The normalized spacial score (nSPS) is 17.2. The van der Waals surface area contributed by atoms with E-state index in [1.165, 1.54) is 12.1 Å². The van der Waals surface area contributed by atoms with Gasteiger partial charge in [0.05, 0.1) is 10.6 Å². The van der Waals surface area contributed by atoms with E-state index in [2.05, 4.69) is 0 Å². The van der Waals surface area contributed by atoms with Crippen molar-refractivity contribution in [2.24, 2.45) is 0 Å². The standard InChI is InChI=1S/C19H23NO4S/c21-19(20-13-5-2-6-14-20)15-25(22,23)18-11-9-17(10-12-18)24-16-7-3-1-4-8-16/h1,3-4,7-12,19,21H,2,5-6,13-15H2. The molecule has 0 aliphatic carbocycles. The van der Waals surface area contributed by atoms with Gasteiger partial charge in [-0.3, -0.25) is 4.90 Å². The average molecular weight is 361 g/mol. The minimum Gasteiger partial charge on any atom is -0.457 e. The Labute approximate surface area is 148 Å². The summed E-state index contributed by atoms with van der Waals surface area (Å²) in [5, 5.41) is 10.2. The third kappa shape index (κ3) is 4.81. The van der Waals surface area contributed by atoms with Gasteiger partial charge in [-0.05, 0) is 49.2 Å². The highest BCUT2D eigenvalue weighted by atomic mass is 32.2. The van der Waals surface area contributed by atoms with E-state index in [-0.39, 0.29) is 10.6 Å². The maximum atomic E-state index is 12.5. The Balaban J connectivity index is 1.65. The molecule has 5 nitrogen and oxygen atoms in total. The number of aliphatic hydroxyl groups excluding tert-OH is 1. The summed E-state index contributed by atoms with van der Waals surface area (Å²) in [5.41, 5.74) is 0. The largest absolute Gasteiger partial charge is 0.457 e. The van der Waals surface area contributed by atoms with Crippen molar-refractivity contribution in [2.75, 3.05) is 18.8 Å². The van der Waals surface area contributed by atoms with Gasteiger partial charge in [-0.2, -0.15) is 0 Å². The van der Waals surface area contributed by atoms with Gasteiger partial charge in [0.1, 0.15) is 17.7 Å². The smallest absolute Gasteiger partial charge is 0.182 e. The number of piperidine rings is 1. The molecule has 1 unspecified atom stereocenters. The van der Waals surface area contributed by atoms with E-state index in [9.17, 15) is 13.5 Å². The fraction of sp³-hybridized carbons (Fsp3) is 0.368. The summed E-state index contributed by atoms with van der Waals surface area (Å²) in [6.07, 6.45) is 2.19. The van der Waals surface area contributed by atoms with Gasteiger partial charge in [0, 0.05) is 13.1 Å². The van der Waals surface area contributed by atoms with Gasteiger partial charge in [0.15, 0.2) is 9.84 Å². The van der Waals surface area contributed by atoms with Crippen molar-refractivity contribution < 1.29 is 18.3 Å². The number of likely N-dealkylation sites (tertiary alicyclic amines) is 1. The summed E-state index contributed by atoms with van der Waals surface area (Å²) in [4.78, 5) is 2.04. The number of aliphatic hydroxyl groups is 1. The molecule has 2 aromatic rings. The Bertz CT molecular complexity index is 769. The molecule has 0 bridgehead atoms. The summed E-state index contributed by atoms with van der Waals surface area (Å²) in [6, 6.07) is 15.6. The number of nitrogens with zero attached hydrogens (tertiary/aromatic N) is 1. The third-order valence-electron chi connectivity index (χ3n) is 4.34. The maximum Gasteiger partial charge on any atom is 0.182 e. The number of benzene rings is 2. The van der Waals surface area contributed by atoms with Crippen LogP contribution in [0, 0.1) is 0 Å². The topological polar surface area (TPSA) is 66.8 Å². The van der Waals surface area contributed by atoms with E-state index in [1.54, 1.807) is 12.1 Å². The molecule has 0 saturated carbocycles. The van der Waals surface area contributed by atoms with Crippen molar-refractivity contribution in [3.05, 3.63) is 54.6 Å². The molecule has 0 aromatic heterocycles. The minimum absolute atomic E-state index is 0.198. The van der Waals surface area contributed by atoms with Crippen LogP contribution in [0.5, 0.6) is 11.5 Å². The average Bonchev–Trinajstić information content (AvgIpc) is 2.63. The van der Waals surface area contributed by atoms with Crippen molar-refractivity contribution in [1.29, 1.82) is 0 Å². The van der Waals surface area contributed by atoms with E-state index in [1.807, 2.05) is 35.2 Å². The first kappa shape index (κ1) is 17.9. The molecule has 1 fully saturated rings. The van der Waals surface area contributed by atoms with Crippen LogP contribution in [0.15, 0.2) is 59.5 Å². The van der Waals surface area contributed by atoms with Crippen LogP contribution >= 0.6 is 0 Å².